The molecule has 0 aliphatic heterocycles. The molecule has 0 unspecified atom stereocenters. The first-order valence-electron chi connectivity index (χ1n) is 7.69. The van der Waals surface area contributed by atoms with E-state index in [1.54, 1.807) is 6.92 Å². The standard InChI is InChI=1S/C15H21N3O4/c1-9-14(16-8-22-9)15(21)17-11-4-12(5-11)18(7-13(19)20)6-10-2-3-10/h8,10-12H,2-7H2,1H3,(H,17,21)(H,19,20). The first-order valence-corrected chi connectivity index (χ1v) is 7.69. The molecule has 120 valence electrons. The zero-order valence-electron chi connectivity index (χ0n) is 12.6. The van der Waals surface area contributed by atoms with Crippen LogP contribution >= 0.6 is 0 Å². The molecule has 2 saturated carbocycles. The van der Waals surface area contributed by atoms with Crippen molar-refractivity contribution in [2.75, 3.05) is 13.1 Å². The highest BCUT2D eigenvalue weighted by Gasteiger charge is 2.38. The summed E-state index contributed by atoms with van der Waals surface area (Å²) in [5.74, 6) is 0.161. The van der Waals surface area contributed by atoms with Gasteiger partial charge in [0, 0.05) is 18.6 Å². The summed E-state index contributed by atoms with van der Waals surface area (Å²) in [6, 6.07) is 0.338. The maximum atomic E-state index is 12.0. The zero-order chi connectivity index (χ0) is 15.7. The molecule has 3 rings (SSSR count). The summed E-state index contributed by atoms with van der Waals surface area (Å²) in [6.07, 6.45) is 5.26. The van der Waals surface area contributed by atoms with E-state index in [4.69, 9.17) is 9.52 Å². The number of nitrogens with one attached hydrogen (secondary N) is 1. The highest BCUT2D eigenvalue weighted by atomic mass is 16.4. The summed E-state index contributed by atoms with van der Waals surface area (Å²) < 4.78 is 5.03. The van der Waals surface area contributed by atoms with Gasteiger partial charge in [0.2, 0.25) is 0 Å². The molecule has 2 aliphatic rings. The molecule has 0 saturated heterocycles. The number of amides is 1. The van der Waals surface area contributed by atoms with Gasteiger partial charge in [0.1, 0.15) is 5.76 Å². The Labute approximate surface area is 128 Å². The van der Waals surface area contributed by atoms with E-state index in [2.05, 4.69) is 10.3 Å². The number of aryl methyl sites for hydroxylation is 1. The third-order valence-corrected chi connectivity index (χ3v) is 4.45. The third-order valence-electron chi connectivity index (χ3n) is 4.45. The second-order valence-corrected chi connectivity index (χ2v) is 6.32. The van der Waals surface area contributed by atoms with Crippen LogP contribution in [0.3, 0.4) is 0 Å². The third kappa shape index (κ3) is 3.47. The predicted molar refractivity (Wildman–Crippen MR) is 77.4 cm³/mol. The molecular weight excluding hydrogens is 286 g/mol. The van der Waals surface area contributed by atoms with Gasteiger partial charge in [0.05, 0.1) is 6.54 Å². The Kier molecular flexibility index (Phi) is 4.15. The second-order valence-electron chi connectivity index (χ2n) is 6.32. The fourth-order valence-corrected chi connectivity index (χ4v) is 2.93. The highest BCUT2D eigenvalue weighted by Crippen LogP contribution is 2.33. The minimum absolute atomic E-state index is 0.0871. The van der Waals surface area contributed by atoms with Gasteiger partial charge in [-0.05, 0) is 38.5 Å². The van der Waals surface area contributed by atoms with E-state index in [1.165, 1.54) is 19.2 Å². The van der Waals surface area contributed by atoms with E-state index in [0.717, 1.165) is 19.4 Å². The first kappa shape index (κ1) is 15.0. The summed E-state index contributed by atoms with van der Waals surface area (Å²) in [5.41, 5.74) is 0.323. The van der Waals surface area contributed by atoms with Crippen LogP contribution < -0.4 is 5.32 Å². The Bertz CT molecular complexity index is 561. The molecule has 0 spiro atoms. The number of carboxylic acid groups (broad SMARTS) is 1. The number of nitrogens with zero attached hydrogens (tertiary/aromatic N) is 2. The minimum atomic E-state index is -0.786. The van der Waals surface area contributed by atoms with Gasteiger partial charge >= 0.3 is 5.97 Å². The van der Waals surface area contributed by atoms with Crippen LogP contribution in [0, 0.1) is 12.8 Å². The molecule has 2 N–H and O–H groups in total. The lowest BCUT2D eigenvalue weighted by Gasteiger charge is -2.42. The topological polar surface area (TPSA) is 95.7 Å². The summed E-state index contributed by atoms with van der Waals surface area (Å²) in [5, 5.41) is 12.0. The van der Waals surface area contributed by atoms with Crippen molar-refractivity contribution in [2.45, 2.75) is 44.7 Å². The average molecular weight is 307 g/mol. The van der Waals surface area contributed by atoms with Crippen LogP contribution in [0.15, 0.2) is 10.8 Å². The first-order chi connectivity index (χ1) is 10.5. The van der Waals surface area contributed by atoms with Crippen LogP contribution in [-0.4, -0.2) is 52.0 Å². The Balaban J connectivity index is 1.48. The fraction of sp³-hybridized carbons (Fsp3) is 0.667. The number of hydrogen-bond acceptors (Lipinski definition) is 5. The van der Waals surface area contributed by atoms with Gasteiger partial charge in [-0.2, -0.15) is 0 Å². The Morgan fingerprint density at radius 3 is 2.73 bits per heavy atom. The van der Waals surface area contributed by atoms with Crippen LogP contribution in [-0.2, 0) is 4.79 Å². The quantitative estimate of drug-likeness (QED) is 0.781. The number of carboxylic acids is 1. The number of carbonyl (C=O) groups excluding carboxylic acids is 1. The number of rotatable bonds is 7. The number of hydrogen-bond donors (Lipinski definition) is 2. The molecule has 2 fully saturated rings. The van der Waals surface area contributed by atoms with Crippen LogP contribution in [0.4, 0.5) is 0 Å². The van der Waals surface area contributed by atoms with Gasteiger partial charge in [-0.3, -0.25) is 14.5 Å². The average Bonchev–Trinajstić information content (AvgIpc) is 3.11. The SMILES string of the molecule is Cc1ocnc1C(=O)NC1CC(N(CC(=O)O)CC2CC2)C1. The normalized spacial score (nSPS) is 24.1. The molecule has 1 aromatic heterocycles. The summed E-state index contributed by atoms with van der Waals surface area (Å²) in [4.78, 5) is 29.0. The van der Waals surface area contributed by atoms with Gasteiger partial charge in [-0.15, -0.1) is 0 Å². The summed E-state index contributed by atoms with van der Waals surface area (Å²) in [7, 11) is 0. The highest BCUT2D eigenvalue weighted by molar-refractivity contribution is 5.93. The second kappa shape index (κ2) is 6.08. The Morgan fingerprint density at radius 2 is 2.18 bits per heavy atom. The van der Waals surface area contributed by atoms with E-state index in [1.807, 2.05) is 4.90 Å². The van der Waals surface area contributed by atoms with E-state index in [9.17, 15) is 9.59 Å². The van der Waals surface area contributed by atoms with Crippen molar-refractivity contribution in [1.29, 1.82) is 0 Å². The molecule has 0 aromatic carbocycles. The molecule has 1 aromatic rings. The Hall–Kier alpha value is -1.89. The van der Waals surface area contributed by atoms with Crippen molar-refractivity contribution >= 4 is 11.9 Å². The molecule has 0 atom stereocenters. The van der Waals surface area contributed by atoms with E-state index in [-0.39, 0.29) is 24.5 Å². The van der Waals surface area contributed by atoms with Crippen LogP contribution in [0.2, 0.25) is 0 Å². The number of carbonyl (C=O) groups is 2. The maximum Gasteiger partial charge on any atom is 0.317 e. The molecule has 7 nitrogen and oxygen atoms in total. The van der Waals surface area contributed by atoms with E-state index in [0.29, 0.717) is 17.4 Å². The number of aromatic nitrogens is 1. The molecular formula is C15H21N3O4. The van der Waals surface area contributed by atoms with Crippen molar-refractivity contribution in [3.8, 4) is 0 Å². The van der Waals surface area contributed by atoms with Crippen molar-refractivity contribution < 1.29 is 19.1 Å². The van der Waals surface area contributed by atoms with Crippen molar-refractivity contribution in [3.63, 3.8) is 0 Å². The van der Waals surface area contributed by atoms with E-state index >= 15 is 0 Å². The maximum absolute atomic E-state index is 12.0. The lowest BCUT2D eigenvalue weighted by Crippen LogP contribution is -2.55. The molecule has 0 bridgehead atoms. The van der Waals surface area contributed by atoms with Gasteiger partial charge in [0.25, 0.3) is 5.91 Å². The van der Waals surface area contributed by atoms with Crippen molar-refractivity contribution in [1.82, 2.24) is 15.2 Å². The van der Waals surface area contributed by atoms with Crippen LogP contribution in [0.1, 0.15) is 41.9 Å². The lowest BCUT2D eigenvalue weighted by molar-refractivity contribution is -0.139. The van der Waals surface area contributed by atoms with Gasteiger partial charge < -0.3 is 14.8 Å². The molecule has 2 aliphatic carbocycles. The largest absolute Gasteiger partial charge is 0.480 e. The van der Waals surface area contributed by atoms with Gasteiger partial charge in [-0.1, -0.05) is 0 Å². The summed E-state index contributed by atoms with van der Waals surface area (Å²) >= 11 is 0. The van der Waals surface area contributed by atoms with Crippen molar-refractivity contribution in [2.24, 2.45) is 5.92 Å². The van der Waals surface area contributed by atoms with E-state index < -0.39 is 5.97 Å². The van der Waals surface area contributed by atoms with Gasteiger partial charge in [-0.25, -0.2) is 4.98 Å². The molecule has 1 amide bonds. The summed E-state index contributed by atoms with van der Waals surface area (Å²) in [6.45, 7) is 2.65. The van der Waals surface area contributed by atoms with Crippen LogP contribution in [0.5, 0.6) is 0 Å². The predicted octanol–water partition coefficient (Wildman–Crippen LogP) is 1.04. The smallest absolute Gasteiger partial charge is 0.317 e. The fourth-order valence-electron chi connectivity index (χ4n) is 2.93. The monoisotopic (exact) mass is 307 g/mol. The number of aliphatic carboxylic acids is 1. The van der Waals surface area contributed by atoms with Gasteiger partial charge in [0.15, 0.2) is 12.1 Å². The number of oxazole rings is 1. The molecule has 1 heterocycles. The molecule has 0 radical (unpaired) electrons. The zero-order valence-corrected chi connectivity index (χ0v) is 12.6. The molecule has 22 heavy (non-hydrogen) atoms. The van der Waals surface area contributed by atoms with Crippen molar-refractivity contribution in [3.05, 3.63) is 17.8 Å². The molecule has 7 heteroatoms. The minimum Gasteiger partial charge on any atom is -0.480 e. The lowest BCUT2D eigenvalue weighted by atomic mass is 9.85. The Morgan fingerprint density at radius 1 is 1.45 bits per heavy atom. The van der Waals surface area contributed by atoms with Crippen LogP contribution in [0.25, 0.3) is 0 Å².